The Morgan fingerprint density at radius 1 is 1.26 bits per heavy atom. The van der Waals surface area contributed by atoms with Gasteiger partial charge in [-0.25, -0.2) is 4.68 Å². The van der Waals surface area contributed by atoms with Crippen molar-refractivity contribution >= 4 is 29.3 Å². The van der Waals surface area contributed by atoms with Crippen molar-refractivity contribution in [1.29, 1.82) is 0 Å². The molecule has 0 unspecified atom stereocenters. The highest BCUT2D eigenvalue weighted by Gasteiger charge is 2.23. The summed E-state index contributed by atoms with van der Waals surface area (Å²) in [7, 11) is 0. The normalized spacial score (nSPS) is 16.3. The molecule has 2 aromatic rings. The number of hydrogen-bond donors (Lipinski definition) is 0. The van der Waals surface area contributed by atoms with Gasteiger partial charge in [0, 0.05) is 42.0 Å². The van der Waals surface area contributed by atoms with Crippen molar-refractivity contribution in [2.75, 3.05) is 24.6 Å². The van der Waals surface area contributed by atoms with E-state index in [2.05, 4.69) is 15.5 Å². The number of hydrogen-bond acceptors (Lipinski definition) is 5. The highest BCUT2D eigenvalue weighted by Crippen LogP contribution is 2.25. The Hall–Kier alpha value is -1.60. The number of carbonyl (C=O) groups excluding carboxylic acids is 1. The van der Waals surface area contributed by atoms with Crippen molar-refractivity contribution in [2.45, 2.75) is 18.9 Å². The topological polar surface area (TPSA) is 63.9 Å². The summed E-state index contributed by atoms with van der Waals surface area (Å²) < 4.78 is 1.67. The van der Waals surface area contributed by atoms with E-state index < -0.39 is 0 Å². The van der Waals surface area contributed by atoms with E-state index in [0.29, 0.717) is 18.0 Å². The average Bonchev–Trinajstić information content (AvgIpc) is 3.09. The van der Waals surface area contributed by atoms with Gasteiger partial charge in [0.2, 0.25) is 5.91 Å². The summed E-state index contributed by atoms with van der Waals surface area (Å²) in [6.45, 7) is 2.24. The van der Waals surface area contributed by atoms with Crippen molar-refractivity contribution in [2.24, 2.45) is 0 Å². The Morgan fingerprint density at radius 3 is 2.65 bits per heavy atom. The van der Waals surface area contributed by atoms with Crippen LogP contribution in [0.1, 0.15) is 17.9 Å². The second-order valence-corrected chi connectivity index (χ2v) is 7.14. The number of halogens is 1. The Balaban J connectivity index is 1.74. The Kier molecular flexibility index (Phi) is 5.51. The van der Waals surface area contributed by atoms with Crippen LogP contribution in [-0.4, -0.2) is 55.6 Å². The second-order valence-electron chi connectivity index (χ2n) is 5.48. The molecule has 1 amide bonds. The highest BCUT2D eigenvalue weighted by atomic mass is 35.5. The Morgan fingerprint density at radius 2 is 2.00 bits per heavy atom. The summed E-state index contributed by atoms with van der Waals surface area (Å²) in [5.74, 6) is 2.26. The summed E-state index contributed by atoms with van der Waals surface area (Å²) in [5, 5.41) is 11.9. The van der Waals surface area contributed by atoms with E-state index >= 15 is 0 Å². The lowest BCUT2D eigenvalue weighted by molar-refractivity contribution is -0.131. The third-order valence-electron chi connectivity index (χ3n) is 3.93. The van der Waals surface area contributed by atoms with Gasteiger partial charge in [0.25, 0.3) is 0 Å². The van der Waals surface area contributed by atoms with E-state index in [0.717, 1.165) is 30.2 Å². The van der Waals surface area contributed by atoms with Crippen LogP contribution in [0.15, 0.2) is 30.6 Å². The molecule has 23 heavy (non-hydrogen) atoms. The summed E-state index contributed by atoms with van der Waals surface area (Å²) in [6.07, 6.45) is 2.02. The second kappa shape index (κ2) is 7.79. The fraction of sp³-hybridized carbons (Fsp3) is 0.467. The van der Waals surface area contributed by atoms with E-state index in [9.17, 15) is 4.79 Å². The summed E-state index contributed by atoms with van der Waals surface area (Å²) in [5.41, 5.74) is 1.07. The van der Waals surface area contributed by atoms with Gasteiger partial charge in [0.05, 0.1) is 6.54 Å². The molecular formula is C15H18ClN5OS. The Labute approximate surface area is 144 Å². The minimum absolute atomic E-state index is 0.0258. The van der Waals surface area contributed by atoms with Gasteiger partial charge in [-0.15, -0.1) is 5.10 Å². The molecular weight excluding hydrogens is 334 g/mol. The van der Waals surface area contributed by atoms with Gasteiger partial charge in [0.1, 0.15) is 6.33 Å². The van der Waals surface area contributed by atoms with Crippen molar-refractivity contribution in [3.05, 3.63) is 41.2 Å². The van der Waals surface area contributed by atoms with Gasteiger partial charge in [-0.3, -0.25) is 4.79 Å². The lowest BCUT2D eigenvalue weighted by Gasteiger charge is -2.28. The molecule has 0 radical (unpaired) electrons. The third-order valence-corrected chi connectivity index (χ3v) is 5.12. The fourth-order valence-corrected chi connectivity index (χ4v) is 3.69. The van der Waals surface area contributed by atoms with Gasteiger partial charge in [-0.2, -0.15) is 11.8 Å². The minimum atomic E-state index is 0.0258. The predicted octanol–water partition coefficient (Wildman–Crippen LogP) is 2.08. The van der Waals surface area contributed by atoms with Gasteiger partial charge in [0.15, 0.2) is 0 Å². The first-order valence-corrected chi connectivity index (χ1v) is 9.07. The van der Waals surface area contributed by atoms with Crippen LogP contribution in [0, 0.1) is 0 Å². The molecule has 8 heteroatoms. The number of thioether (sulfide) groups is 1. The molecule has 1 fully saturated rings. The molecule has 0 aliphatic carbocycles. The zero-order valence-electron chi connectivity index (χ0n) is 12.6. The van der Waals surface area contributed by atoms with E-state index in [-0.39, 0.29) is 11.8 Å². The molecule has 0 bridgehead atoms. The maximum Gasteiger partial charge on any atom is 0.223 e. The van der Waals surface area contributed by atoms with E-state index in [1.807, 2.05) is 40.9 Å². The summed E-state index contributed by atoms with van der Waals surface area (Å²) >= 11 is 7.87. The van der Waals surface area contributed by atoms with Gasteiger partial charge < -0.3 is 4.90 Å². The maximum absolute atomic E-state index is 12.6. The predicted molar refractivity (Wildman–Crippen MR) is 90.5 cm³/mol. The maximum atomic E-state index is 12.6. The molecule has 1 saturated heterocycles. The molecule has 3 rings (SSSR count). The quantitative estimate of drug-likeness (QED) is 0.825. The number of rotatable bonds is 5. The molecule has 1 aliphatic heterocycles. The first-order chi connectivity index (χ1) is 11.2. The number of aromatic nitrogens is 4. The number of nitrogens with zero attached hydrogens (tertiary/aromatic N) is 5. The van der Waals surface area contributed by atoms with Crippen molar-refractivity contribution in [1.82, 2.24) is 25.1 Å². The Bertz CT molecular complexity index is 628. The molecule has 1 aromatic heterocycles. The van der Waals surface area contributed by atoms with Crippen LogP contribution in [0.2, 0.25) is 5.02 Å². The van der Waals surface area contributed by atoms with Crippen LogP contribution >= 0.6 is 23.4 Å². The standard InChI is InChI=1S/C15H18ClN5OS/c16-14-3-1-12(2-4-14)13(10-21-11-17-18-19-21)9-15(22)20-5-7-23-8-6-20/h1-4,11,13H,5-10H2/t13-/m0/s1. The number of carbonyl (C=O) groups is 1. The third kappa shape index (κ3) is 4.45. The monoisotopic (exact) mass is 351 g/mol. The van der Waals surface area contributed by atoms with Crippen LogP contribution in [0.25, 0.3) is 0 Å². The van der Waals surface area contributed by atoms with E-state index in [1.54, 1.807) is 11.0 Å². The molecule has 2 heterocycles. The highest BCUT2D eigenvalue weighted by molar-refractivity contribution is 7.99. The summed E-state index contributed by atoms with van der Waals surface area (Å²) in [6, 6.07) is 7.64. The van der Waals surface area contributed by atoms with E-state index in [4.69, 9.17) is 11.6 Å². The van der Waals surface area contributed by atoms with Crippen LogP contribution < -0.4 is 0 Å². The van der Waals surface area contributed by atoms with Gasteiger partial charge >= 0.3 is 0 Å². The summed E-state index contributed by atoms with van der Waals surface area (Å²) in [4.78, 5) is 14.6. The first-order valence-electron chi connectivity index (χ1n) is 7.54. The SMILES string of the molecule is O=C(C[C@@H](Cn1cnnn1)c1ccc(Cl)cc1)N1CCSCC1. The molecule has 0 spiro atoms. The molecule has 1 aromatic carbocycles. The van der Waals surface area contributed by atoms with Crippen LogP contribution in [0.5, 0.6) is 0 Å². The molecule has 1 aliphatic rings. The van der Waals surface area contributed by atoms with Crippen molar-refractivity contribution in [3.63, 3.8) is 0 Å². The first kappa shape index (κ1) is 16.3. The van der Waals surface area contributed by atoms with Crippen molar-refractivity contribution in [3.8, 4) is 0 Å². The molecule has 0 N–H and O–H groups in total. The lowest BCUT2D eigenvalue weighted by atomic mass is 9.95. The largest absolute Gasteiger partial charge is 0.341 e. The van der Waals surface area contributed by atoms with Gasteiger partial charge in [-0.05, 0) is 28.1 Å². The smallest absolute Gasteiger partial charge is 0.223 e. The molecule has 6 nitrogen and oxygen atoms in total. The van der Waals surface area contributed by atoms with Crippen LogP contribution in [0.3, 0.4) is 0 Å². The average molecular weight is 352 g/mol. The molecule has 0 saturated carbocycles. The van der Waals surface area contributed by atoms with Crippen LogP contribution in [-0.2, 0) is 11.3 Å². The lowest BCUT2D eigenvalue weighted by Crippen LogP contribution is -2.38. The van der Waals surface area contributed by atoms with Crippen molar-refractivity contribution < 1.29 is 4.79 Å². The zero-order chi connectivity index (χ0) is 16.1. The number of tetrazole rings is 1. The number of benzene rings is 1. The number of amides is 1. The van der Waals surface area contributed by atoms with Crippen LogP contribution in [0.4, 0.5) is 0 Å². The van der Waals surface area contributed by atoms with E-state index in [1.165, 1.54) is 0 Å². The zero-order valence-corrected chi connectivity index (χ0v) is 14.2. The minimum Gasteiger partial charge on any atom is -0.341 e. The molecule has 1 atom stereocenters. The fourth-order valence-electron chi connectivity index (χ4n) is 2.67. The molecule has 122 valence electrons. The van der Waals surface area contributed by atoms with Gasteiger partial charge in [-0.1, -0.05) is 23.7 Å².